The minimum absolute atomic E-state index is 0. The van der Waals surface area contributed by atoms with Gasteiger partial charge in [-0.3, -0.25) is 0 Å². The second-order valence-corrected chi connectivity index (χ2v) is 6.52. The lowest BCUT2D eigenvalue weighted by molar-refractivity contribution is 0.0239. The number of aryl methyl sites for hydroxylation is 1. The van der Waals surface area contributed by atoms with Gasteiger partial charge in [0.2, 0.25) is 5.82 Å². The molecule has 0 bridgehead atoms. The van der Waals surface area contributed by atoms with Gasteiger partial charge >= 0.3 is 0 Å². The van der Waals surface area contributed by atoms with E-state index in [0.717, 1.165) is 12.5 Å². The average molecular weight is 406 g/mol. The molecule has 0 atom stereocenters. The zero-order valence-corrected chi connectivity index (χ0v) is 15.9. The SMILES string of the molecule is CCn1c(-c2cccc(F)c2F)nc2c(N)nc(C#CC3(O)CCC3)nc21.Cl. The Morgan fingerprint density at radius 3 is 2.64 bits per heavy atom. The van der Waals surface area contributed by atoms with Gasteiger partial charge in [-0.2, -0.15) is 0 Å². The fourth-order valence-corrected chi connectivity index (χ4v) is 3.07. The summed E-state index contributed by atoms with van der Waals surface area (Å²) in [6.07, 6.45) is 2.17. The molecule has 3 N–H and O–H groups in total. The molecular formula is C19H18ClF2N5O. The van der Waals surface area contributed by atoms with Crippen LogP contribution in [-0.2, 0) is 6.54 Å². The lowest BCUT2D eigenvalue weighted by Gasteiger charge is -2.30. The molecule has 6 nitrogen and oxygen atoms in total. The second kappa shape index (κ2) is 7.34. The predicted octanol–water partition coefficient (Wildman–Crippen LogP) is 3.06. The Bertz CT molecular complexity index is 1110. The fraction of sp³-hybridized carbons (Fsp3) is 0.316. The number of halogens is 3. The highest BCUT2D eigenvalue weighted by Gasteiger charge is 2.32. The maximum absolute atomic E-state index is 14.3. The summed E-state index contributed by atoms with van der Waals surface area (Å²) in [6, 6.07) is 3.91. The number of benzene rings is 1. The normalized spacial score (nSPS) is 14.7. The van der Waals surface area contributed by atoms with Crippen LogP contribution in [0.5, 0.6) is 0 Å². The number of anilines is 1. The monoisotopic (exact) mass is 405 g/mol. The average Bonchev–Trinajstić information content (AvgIpc) is 2.99. The van der Waals surface area contributed by atoms with E-state index in [2.05, 4.69) is 26.8 Å². The van der Waals surface area contributed by atoms with Crippen LogP contribution in [0.15, 0.2) is 18.2 Å². The Labute approximate surface area is 166 Å². The molecule has 0 radical (unpaired) electrons. The van der Waals surface area contributed by atoms with E-state index in [0.29, 0.717) is 30.6 Å². The van der Waals surface area contributed by atoms with Crippen LogP contribution in [-0.4, -0.2) is 30.2 Å². The van der Waals surface area contributed by atoms with E-state index in [9.17, 15) is 13.9 Å². The van der Waals surface area contributed by atoms with Crippen LogP contribution in [0.3, 0.4) is 0 Å². The topological polar surface area (TPSA) is 89.9 Å². The van der Waals surface area contributed by atoms with Crippen molar-refractivity contribution in [1.82, 2.24) is 19.5 Å². The molecular weight excluding hydrogens is 388 g/mol. The predicted molar refractivity (Wildman–Crippen MR) is 104 cm³/mol. The number of rotatable bonds is 2. The molecule has 0 saturated heterocycles. The molecule has 0 aliphatic heterocycles. The van der Waals surface area contributed by atoms with E-state index < -0.39 is 17.2 Å². The van der Waals surface area contributed by atoms with Crippen LogP contribution < -0.4 is 5.73 Å². The van der Waals surface area contributed by atoms with E-state index in [1.54, 1.807) is 4.57 Å². The van der Waals surface area contributed by atoms with Gasteiger partial charge in [-0.1, -0.05) is 12.0 Å². The number of fused-ring (bicyclic) bond motifs is 1. The Morgan fingerprint density at radius 1 is 1.25 bits per heavy atom. The molecule has 0 spiro atoms. The molecule has 2 aromatic heterocycles. The van der Waals surface area contributed by atoms with Crippen molar-refractivity contribution in [1.29, 1.82) is 0 Å². The number of nitrogen functional groups attached to an aromatic ring is 1. The third kappa shape index (κ3) is 3.28. The van der Waals surface area contributed by atoms with Gasteiger partial charge in [0.1, 0.15) is 11.4 Å². The summed E-state index contributed by atoms with van der Waals surface area (Å²) in [7, 11) is 0. The highest BCUT2D eigenvalue weighted by atomic mass is 35.5. The van der Waals surface area contributed by atoms with Crippen LogP contribution >= 0.6 is 12.4 Å². The smallest absolute Gasteiger partial charge is 0.209 e. The van der Waals surface area contributed by atoms with Crippen LogP contribution in [0.25, 0.3) is 22.6 Å². The van der Waals surface area contributed by atoms with Crippen molar-refractivity contribution < 1.29 is 13.9 Å². The maximum Gasteiger partial charge on any atom is 0.209 e. The molecule has 1 saturated carbocycles. The number of hydrogen-bond acceptors (Lipinski definition) is 5. The first-order chi connectivity index (χ1) is 12.9. The Kier molecular flexibility index (Phi) is 5.24. The summed E-state index contributed by atoms with van der Waals surface area (Å²) in [4.78, 5) is 12.8. The van der Waals surface area contributed by atoms with Gasteiger partial charge in [0.05, 0.1) is 5.56 Å². The fourth-order valence-electron chi connectivity index (χ4n) is 3.07. The summed E-state index contributed by atoms with van der Waals surface area (Å²) in [6.45, 7) is 2.25. The Balaban J connectivity index is 0.00000225. The number of aromatic nitrogens is 4. The molecule has 1 aliphatic carbocycles. The van der Waals surface area contributed by atoms with Crippen molar-refractivity contribution in [3.8, 4) is 23.2 Å². The zero-order valence-electron chi connectivity index (χ0n) is 15.0. The molecule has 4 rings (SSSR count). The summed E-state index contributed by atoms with van der Waals surface area (Å²) in [5, 5.41) is 10.1. The second-order valence-electron chi connectivity index (χ2n) is 6.52. The first-order valence-electron chi connectivity index (χ1n) is 8.65. The van der Waals surface area contributed by atoms with E-state index in [-0.39, 0.29) is 35.4 Å². The van der Waals surface area contributed by atoms with Gasteiger partial charge < -0.3 is 15.4 Å². The standard InChI is InChI=1S/C19H17F2N5O.ClH/c1-2-26-17(11-5-3-6-12(20)14(11)21)25-15-16(22)23-13(24-18(15)26)7-10-19(27)8-4-9-19;/h3,5-6,27H,2,4,8-9H2,1H3,(H2,22,23,24);1H. The first kappa shape index (κ1) is 20.0. The Morgan fingerprint density at radius 2 is 2.00 bits per heavy atom. The molecule has 1 aromatic carbocycles. The minimum atomic E-state index is -0.992. The third-order valence-corrected chi connectivity index (χ3v) is 4.72. The van der Waals surface area contributed by atoms with Crippen molar-refractivity contribution in [2.24, 2.45) is 0 Å². The number of nitrogens with zero attached hydrogens (tertiary/aromatic N) is 4. The molecule has 0 unspecified atom stereocenters. The van der Waals surface area contributed by atoms with Crippen LogP contribution in [0.1, 0.15) is 32.0 Å². The highest BCUT2D eigenvalue weighted by Crippen LogP contribution is 2.31. The van der Waals surface area contributed by atoms with E-state index in [4.69, 9.17) is 5.73 Å². The molecule has 28 heavy (non-hydrogen) atoms. The lowest BCUT2D eigenvalue weighted by atomic mass is 9.81. The third-order valence-electron chi connectivity index (χ3n) is 4.72. The summed E-state index contributed by atoms with van der Waals surface area (Å²) >= 11 is 0. The van der Waals surface area contributed by atoms with Crippen molar-refractivity contribution in [2.45, 2.75) is 38.3 Å². The summed E-state index contributed by atoms with van der Waals surface area (Å²) in [5.74, 6) is 4.07. The number of nitrogens with two attached hydrogens (primary N) is 1. The van der Waals surface area contributed by atoms with Crippen molar-refractivity contribution in [3.63, 3.8) is 0 Å². The quantitative estimate of drug-likeness (QED) is 0.639. The minimum Gasteiger partial charge on any atom is -0.382 e. The van der Waals surface area contributed by atoms with E-state index >= 15 is 0 Å². The van der Waals surface area contributed by atoms with Crippen LogP contribution in [0.2, 0.25) is 0 Å². The van der Waals surface area contributed by atoms with Gasteiger partial charge in [0.25, 0.3) is 0 Å². The van der Waals surface area contributed by atoms with E-state index in [1.807, 2.05) is 6.92 Å². The summed E-state index contributed by atoms with van der Waals surface area (Å²) < 4.78 is 29.5. The maximum atomic E-state index is 14.3. The van der Waals surface area contributed by atoms with Crippen molar-refractivity contribution >= 4 is 29.4 Å². The molecule has 146 valence electrons. The lowest BCUT2D eigenvalue weighted by Crippen LogP contribution is -2.34. The molecule has 3 aromatic rings. The summed E-state index contributed by atoms with van der Waals surface area (Å²) in [5.41, 5.74) is 5.71. The van der Waals surface area contributed by atoms with Gasteiger partial charge in [-0.15, -0.1) is 12.4 Å². The molecule has 1 fully saturated rings. The van der Waals surface area contributed by atoms with Gasteiger partial charge in [0, 0.05) is 6.54 Å². The van der Waals surface area contributed by atoms with Gasteiger partial charge in [0.15, 0.2) is 28.6 Å². The number of aliphatic hydroxyl groups is 1. The largest absolute Gasteiger partial charge is 0.382 e. The van der Waals surface area contributed by atoms with Gasteiger partial charge in [-0.25, -0.2) is 23.7 Å². The Hall–Kier alpha value is -2.76. The molecule has 1 aliphatic rings. The molecule has 9 heteroatoms. The molecule has 2 heterocycles. The van der Waals surface area contributed by atoms with Crippen LogP contribution in [0, 0.1) is 23.5 Å². The van der Waals surface area contributed by atoms with Gasteiger partial charge in [-0.05, 0) is 44.2 Å². The number of imidazole rings is 1. The van der Waals surface area contributed by atoms with Crippen molar-refractivity contribution in [2.75, 3.05) is 5.73 Å². The van der Waals surface area contributed by atoms with Crippen LogP contribution in [0.4, 0.5) is 14.6 Å². The highest BCUT2D eigenvalue weighted by molar-refractivity contribution is 5.86. The molecule has 0 amide bonds. The van der Waals surface area contributed by atoms with E-state index in [1.165, 1.54) is 12.1 Å². The van der Waals surface area contributed by atoms with Crippen molar-refractivity contribution in [3.05, 3.63) is 35.7 Å². The number of hydrogen-bond donors (Lipinski definition) is 2. The first-order valence-corrected chi connectivity index (χ1v) is 8.65. The zero-order chi connectivity index (χ0) is 19.2.